The zero-order valence-electron chi connectivity index (χ0n) is 9.79. The van der Waals surface area contributed by atoms with Crippen LogP contribution in [0.2, 0.25) is 0 Å². The van der Waals surface area contributed by atoms with Crippen LogP contribution < -0.4 is 0 Å². The molecule has 0 aliphatic carbocycles. The monoisotopic (exact) mass is 222 g/mol. The Morgan fingerprint density at radius 2 is 2.00 bits per heavy atom. The zero-order chi connectivity index (χ0) is 11.8. The van der Waals surface area contributed by atoms with Crippen molar-refractivity contribution >= 4 is 0 Å². The van der Waals surface area contributed by atoms with Crippen LogP contribution in [0.15, 0.2) is 12.1 Å². The largest absolute Gasteiger partial charge is 0.504 e. The van der Waals surface area contributed by atoms with E-state index in [0.29, 0.717) is 6.61 Å². The standard InChI is InChI=1S/C13H18O3/c1-3-5-13(2)10-8-12(15)11(14)7-9(10)4-6-16-13/h7-8,14-15H,3-6H2,1-2H3. The fraction of sp³-hybridized carbons (Fsp3) is 0.538. The molecule has 1 unspecified atom stereocenters. The van der Waals surface area contributed by atoms with Crippen LogP contribution in [-0.2, 0) is 16.8 Å². The summed E-state index contributed by atoms with van der Waals surface area (Å²) in [5.74, 6) is -0.105. The Balaban J connectivity index is 2.49. The third-order valence-electron chi connectivity index (χ3n) is 3.29. The van der Waals surface area contributed by atoms with E-state index in [2.05, 4.69) is 6.92 Å². The van der Waals surface area contributed by atoms with Gasteiger partial charge in [-0.2, -0.15) is 0 Å². The highest BCUT2D eigenvalue weighted by molar-refractivity contribution is 5.48. The highest BCUT2D eigenvalue weighted by Crippen LogP contribution is 2.41. The normalized spacial score (nSPS) is 24.1. The van der Waals surface area contributed by atoms with Crippen LogP contribution in [0.4, 0.5) is 0 Å². The van der Waals surface area contributed by atoms with Gasteiger partial charge in [-0.25, -0.2) is 0 Å². The first kappa shape index (κ1) is 11.3. The summed E-state index contributed by atoms with van der Waals surface area (Å²) in [6, 6.07) is 3.29. The Morgan fingerprint density at radius 1 is 1.31 bits per heavy atom. The molecule has 1 heterocycles. The molecule has 0 radical (unpaired) electrons. The first-order chi connectivity index (χ1) is 7.57. The smallest absolute Gasteiger partial charge is 0.157 e. The van der Waals surface area contributed by atoms with Crippen LogP contribution in [-0.4, -0.2) is 16.8 Å². The minimum Gasteiger partial charge on any atom is -0.504 e. The van der Waals surface area contributed by atoms with E-state index in [1.165, 1.54) is 0 Å². The summed E-state index contributed by atoms with van der Waals surface area (Å²) in [6.45, 7) is 4.84. The molecule has 0 amide bonds. The van der Waals surface area contributed by atoms with Gasteiger partial charge < -0.3 is 14.9 Å². The van der Waals surface area contributed by atoms with Gasteiger partial charge in [0.05, 0.1) is 12.2 Å². The van der Waals surface area contributed by atoms with Gasteiger partial charge in [-0.1, -0.05) is 13.3 Å². The maximum absolute atomic E-state index is 9.57. The Hall–Kier alpha value is -1.22. The van der Waals surface area contributed by atoms with Crippen molar-refractivity contribution in [2.45, 2.75) is 38.7 Å². The lowest BCUT2D eigenvalue weighted by Gasteiger charge is -2.36. The van der Waals surface area contributed by atoms with Crippen LogP contribution in [0, 0.1) is 0 Å². The van der Waals surface area contributed by atoms with Crippen molar-refractivity contribution in [1.82, 2.24) is 0 Å². The Morgan fingerprint density at radius 3 is 2.69 bits per heavy atom. The maximum atomic E-state index is 9.57. The number of ether oxygens (including phenoxy) is 1. The quantitative estimate of drug-likeness (QED) is 0.756. The van der Waals surface area contributed by atoms with E-state index in [4.69, 9.17) is 4.74 Å². The van der Waals surface area contributed by atoms with Crippen molar-refractivity contribution in [3.8, 4) is 11.5 Å². The highest BCUT2D eigenvalue weighted by Gasteiger charge is 2.33. The molecule has 1 aromatic carbocycles. The number of fused-ring (bicyclic) bond motifs is 1. The molecule has 0 aromatic heterocycles. The summed E-state index contributed by atoms with van der Waals surface area (Å²) in [4.78, 5) is 0. The van der Waals surface area contributed by atoms with E-state index < -0.39 is 0 Å². The van der Waals surface area contributed by atoms with Crippen LogP contribution in [0.25, 0.3) is 0 Å². The fourth-order valence-corrected chi connectivity index (χ4v) is 2.47. The second-order valence-electron chi connectivity index (χ2n) is 4.58. The summed E-state index contributed by atoms with van der Waals surface area (Å²) in [5.41, 5.74) is 1.77. The number of benzene rings is 1. The Labute approximate surface area is 95.7 Å². The average Bonchev–Trinajstić information content (AvgIpc) is 2.22. The lowest BCUT2D eigenvalue weighted by molar-refractivity contribution is -0.0528. The fourth-order valence-electron chi connectivity index (χ4n) is 2.47. The van der Waals surface area contributed by atoms with Gasteiger partial charge >= 0.3 is 0 Å². The van der Waals surface area contributed by atoms with Crippen molar-refractivity contribution in [3.63, 3.8) is 0 Å². The van der Waals surface area contributed by atoms with Crippen molar-refractivity contribution < 1.29 is 14.9 Å². The molecule has 2 N–H and O–H groups in total. The van der Waals surface area contributed by atoms with E-state index in [1.54, 1.807) is 12.1 Å². The lowest BCUT2D eigenvalue weighted by Crippen LogP contribution is -2.32. The number of phenolic OH excluding ortho intramolecular Hbond substituents is 2. The molecular formula is C13H18O3. The minimum atomic E-state index is -0.326. The van der Waals surface area contributed by atoms with Gasteiger partial charge in [0.15, 0.2) is 11.5 Å². The summed E-state index contributed by atoms with van der Waals surface area (Å²) < 4.78 is 5.83. The first-order valence-corrected chi connectivity index (χ1v) is 5.76. The number of rotatable bonds is 2. The van der Waals surface area contributed by atoms with Gasteiger partial charge in [-0.15, -0.1) is 0 Å². The molecule has 0 saturated carbocycles. The number of aromatic hydroxyl groups is 2. The predicted molar refractivity (Wildman–Crippen MR) is 61.7 cm³/mol. The summed E-state index contributed by atoms with van der Waals surface area (Å²) >= 11 is 0. The third kappa shape index (κ3) is 1.76. The minimum absolute atomic E-state index is 0.0421. The molecule has 0 bridgehead atoms. The van der Waals surface area contributed by atoms with Crippen molar-refractivity contribution in [2.24, 2.45) is 0 Å². The van der Waals surface area contributed by atoms with Gasteiger partial charge in [0.1, 0.15) is 0 Å². The third-order valence-corrected chi connectivity index (χ3v) is 3.29. The molecule has 1 atom stereocenters. The second kappa shape index (κ2) is 3.98. The molecular weight excluding hydrogens is 204 g/mol. The van der Waals surface area contributed by atoms with Gasteiger partial charge in [-0.3, -0.25) is 0 Å². The summed E-state index contributed by atoms with van der Waals surface area (Å²) in [6.07, 6.45) is 2.74. The van der Waals surface area contributed by atoms with Gasteiger partial charge in [-0.05, 0) is 43.0 Å². The summed E-state index contributed by atoms with van der Waals surface area (Å²) in [5, 5.41) is 19.1. The molecule has 1 aromatic rings. The zero-order valence-corrected chi connectivity index (χ0v) is 9.79. The van der Waals surface area contributed by atoms with E-state index >= 15 is 0 Å². The topological polar surface area (TPSA) is 49.7 Å². The average molecular weight is 222 g/mol. The summed E-state index contributed by atoms with van der Waals surface area (Å²) in [7, 11) is 0. The van der Waals surface area contributed by atoms with Gasteiger partial charge in [0, 0.05) is 0 Å². The predicted octanol–water partition coefficient (Wildman–Crippen LogP) is 2.69. The van der Waals surface area contributed by atoms with E-state index in [9.17, 15) is 10.2 Å². The van der Waals surface area contributed by atoms with Crippen molar-refractivity contribution in [2.75, 3.05) is 6.61 Å². The molecule has 0 saturated heterocycles. The van der Waals surface area contributed by atoms with E-state index in [-0.39, 0.29) is 17.1 Å². The highest BCUT2D eigenvalue weighted by atomic mass is 16.5. The molecule has 88 valence electrons. The molecule has 3 heteroatoms. The van der Waals surface area contributed by atoms with Crippen LogP contribution in [0.5, 0.6) is 11.5 Å². The van der Waals surface area contributed by atoms with Crippen LogP contribution in [0.1, 0.15) is 37.8 Å². The molecule has 2 rings (SSSR count). The first-order valence-electron chi connectivity index (χ1n) is 5.76. The van der Waals surface area contributed by atoms with Crippen molar-refractivity contribution in [3.05, 3.63) is 23.3 Å². The second-order valence-corrected chi connectivity index (χ2v) is 4.58. The van der Waals surface area contributed by atoms with Crippen LogP contribution in [0.3, 0.4) is 0 Å². The Kier molecular flexibility index (Phi) is 2.80. The van der Waals surface area contributed by atoms with Crippen LogP contribution >= 0.6 is 0 Å². The van der Waals surface area contributed by atoms with E-state index in [1.807, 2.05) is 6.92 Å². The molecule has 0 fully saturated rings. The van der Waals surface area contributed by atoms with Gasteiger partial charge in [0.2, 0.25) is 0 Å². The maximum Gasteiger partial charge on any atom is 0.157 e. The number of hydrogen-bond acceptors (Lipinski definition) is 3. The molecule has 0 spiro atoms. The van der Waals surface area contributed by atoms with E-state index in [0.717, 1.165) is 30.4 Å². The Bertz CT molecular complexity index is 400. The van der Waals surface area contributed by atoms with Crippen molar-refractivity contribution in [1.29, 1.82) is 0 Å². The number of hydrogen-bond donors (Lipinski definition) is 2. The number of phenols is 2. The molecule has 1 aliphatic heterocycles. The molecule has 16 heavy (non-hydrogen) atoms. The van der Waals surface area contributed by atoms with Gasteiger partial charge in [0.25, 0.3) is 0 Å². The molecule has 1 aliphatic rings. The SMILES string of the molecule is CCCC1(C)OCCc2cc(O)c(O)cc21. The lowest BCUT2D eigenvalue weighted by atomic mass is 9.84. The molecule has 3 nitrogen and oxygen atoms in total.